The number of hydrogen-bond acceptors (Lipinski definition) is 14. The van der Waals surface area contributed by atoms with Crippen LogP contribution >= 0.6 is 44.8 Å². The zero-order chi connectivity index (χ0) is 57.2. The smallest absolute Gasteiger partial charge is 0.248 e. The Bertz CT molecular complexity index is 2820. The van der Waals surface area contributed by atoms with Crippen LogP contribution in [0.15, 0.2) is 97.1 Å². The number of aromatic hydroxyl groups is 1. The van der Waals surface area contributed by atoms with Crippen LogP contribution in [0.25, 0.3) is 0 Å². The Hall–Kier alpha value is -6.89. The monoisotopic (exact) mass is 1160 g/mol. The van der Waals surface area contributed by atoms with Crippen LogP contribution < -0.4 is 54.0 Å². The number of nitrogens with two attached hydrogens (primary N) is 2. The second-order valence-electron chi connectivity index (χ2n) is 19.3. The van der Waals surface area contributed by atoms with Crippen molar-refractivity contribution >= 4 is 98.0 Å². The van der Waals surface area contributed by atoms with Gasteiger partial charge in [-0.05, 0) is 110 Å². The van der Waals surface area contributed by atoms with Crippen LogP contribution in [0, 0.1) is 0 Å². The van der Waals surface area contributed by atoms with Crippen molar-refractivity contribution in [2.24, 2.45) is 11.5 Å². The Morgan fingerprint density at radius 2 is 1.24 bits per heavy atom. The number of carbonyl (C=O) groups excluding carboxylic acids is 9. The summed E-state index contributed by atoms with van der Waals surface area (Å²) in [5, 5.41) is 44.5. The van der Waals surface area contributed by atoms with Gasteiger partial charge in [-0.1, -0.05) is 93.3 Å². The van der Waals surface area contributed by atoms with E-state index in [2.05, 4.69) is 42.5 Å². The molecule has 21 nitrogen and oxygen atoms in total. The fourth-order valence-corrected chi connectivity index (χ4v) is 11.7. The van der Waals surface area contributed by atoms with Crippen molar-refractivity contribution in [2.75, 3.05) is 25.1 Å². The van der Waals surface area contributed by atoms with Crippen LogP contribution in [0.4, 0.5) is 0 Å². The summed E-state index contributed by atoms with van der Waals surface area (Å²) in [6, 6.07) is 16.6. The Morgan fingerprint density at radius 1 is 0.696 bits per heavy atom. The minimum absolute atomic E-state index is 0.0233. The third kappa shape index (κ3) is 18.3. The highest BCUT2D eigenvalue weighted by Gasteiger charge is 2.51. The zero-order valence-electron chi connectivity index (χ0n) is 43.1. The summed E-state index contributed by atoms with van der Waals surface area (Å²) < 4.78 is 0. The van der Waals surface area contributed by atoms with E-state index in [1.54, 1.807) is 55.6 Å². The predicted octanol–water partition coefficient (Wildman–Crippen LogP) is 1.26. The summed E-state index contributed by atoms with van der Waals surface area (Å²) in [7, 11) is 3.73. The van der Waals surface area contributed by atoms with E-state index in [1.165, 1.54) is 48.5 Å². The number of aryl methyl sites for hydroxylation is 1. The third-order valence-corrected chi connectivity index (χ3v) is 16.3. The van der Waals surface area contributed by atoms with Crippen molar-refractivity contribution in [3.05, 3.63) is 135 Å². The molecule has 4 aromatic rings. The van der Waals surface area contributed by atoms with Gasteiger partial charge in [0.1, 0.15) is 47.5 Å². The fraction of sp³-hybridized carbons (Fsp3) is 0.389. The molecule has 0 aliphatic carbocycles. The number of phenols is 1. The van der Waals surface area contributed by atoms with Gasteiger partial charge in [0.2, 0.25) is 53.2 Å². The van der Waals surface area contributed by atoms with Crippen LogP contribution in [0.5, 0.6) is 5.75 Å². The average Bonchev–Trinajstić information content (AvgIpc) is 3.44. The van der Waals surface area contributed by atoms with E-state index in [9.17, 15) is 53.4 Å². The Balaban J connectivity index is 1.39. The van der Waals surface area contributed by atoms with Crippen molar-refractivity contribution < 1.29 is 53.4 Å². The van der Waals surface area contributed by atoms with Gasteiger partial charge in [-0.3, -0.25) is 43.2 Å². The van der Waals surface area contributed by atoms with E-state index < -0.39 is 107 Å². The number of hydrogen-bond donors (Lipinski definition) is 12. The van der Waals surface area contributed by atoms with Gasteiger partial charge < -0.3 is 64.2 Å². The standard InChI is InChI=1S/C54H64Cl2N10O11S2/c1-59-23-3-2-4-38-48(72)65-45-43(68)27-54(66-52(45)76,53(77)64-39(47(58)71)24-33-11-20-37(67)21-12-33)29-79-78-28-42(60-44(69)22-13-30-7-16-35(55)17-8-30)51(75)63-41(26-32-9-18-36(56)19-10-32)50(74)62-40(49(73)61-38)25-31-5-14-34(15-6-31)46(57)70/h5-12,14-21,38-43,45,59,67-68H,2-4,13,22-29H2,1H3,(H2,57,70)(H2,58,71)(H,60,69)(H,61,73)(H,62,74)(H,63,75)(H,64,77)(H,65,72)(H,66,76)/t38-,39?,40+,41-,42+,43+,45-,54?/m0/s1. The van der Waals surface area contributed by atoms with Gasteiger partial charge in [0, 0.05) is 59.2 Å². The molecule has 0 aromatic heterocycles. The van der Waals surface area contributed by atoms with Crippen LogP contribution in [0.3, 0.4) is 0 Å². The van der Waals surface area contributed by atoms with Crippen molar-refractivity contribution in [3.63, 3.8) is 0 Å². The largest absolute Gasteiger partial charge is 0.508 e. The van der Waals surface area contributed by atoms with E-state index in [-0.39, 0.29) is 61.3 Å². The molecule has 3 saturated heterocycles. The number of piperidine rings is 1. The lowest BCUT2D eigenvalue weighted by Crippen LogP contribution is -2.73. The molecule has 9 amide bonds. The van der Waals surface area contributed by atoms with Crippen LogP contribution in [-0.4, -0.2) is 136 Å². The third-order valence-electron chi connectivity index (χ3n) is 13.3. The molecule has 0 radical (unpaired) electrons. The van der Waals surface area contributed by atoms with Gasteiger partial charge in [0.05, 0.1) is 6.10 Å². The lowest BCUT2D eigenvalue weighted by Gasteiger charge is -2.42. The SMILES string of the molecule is CNCCCC[C@@H]1NC(=O)[C@@H](Cc2ccc(C(N)=O)cc2)NC(=O)[C@H](Cc2ccc(Cl)cc2)NC(=O)[C@H](NC(=O)CCc2ccc(Cl)cc2)CSSCC2(C(=O)NC(Cc3ccc(O)cc3)C(N)=O)C[C@@H](O)[C@H](NC1=O)C(=O)N2. The number of aliphatic hydroxyl groups is 1. The first-order valence-electron chi connectivity index (χ1n) is 25.4. The molecule has 25 heteroatoms. The normalized spacial score (nSPS) is 22.7. The maximum Gasteiger partial charge on any atom is 0.248 e. The molecule has 2 unspecified atom stereocenters. The molecule has 3 aliphatic rings. The molecular formula is C54H64Cl2N10O11S2. The molecule has 3 fully saturated rings. The van der Waals surface area contributed by atoms with Gasteiger partial charge in [0.15, 0.2) is 0 Å². The molecule has 3 heterocycles. The van der Waals surface area contributed by atoms with E-state index in [4.69, 9.17) is 34.7 Å². The number of fused-ring (bicyclic) bond motifs is 17. The molecular weight excluding hydrogens is 1100 g/mol. The first kappa shape index (κ1) is 61.3. The number of phenolic OH excluding ortho intramolecular Hbond substituents is 1. The molecule has 2 bridgehead atoms. The zero-order valence-corrected chi connectivity index (χ0v) is 46.2. The van der Waals surface area contributed by atoms with Crippen molar-refractivity contribution in [3.8, 4) is 5.75 Å². The highest BCUT2D eigenvalue weighted by atomic mass is 35.5. The van der Waals surface area contributed by atoms with Gasteiger partial charge in [-0.15, -0.1) is 0 Å². The van der Waals surface area contributed by atoms with Crippen molar-refractivity contribution in [1.82, 2.24) is 42.5 Å². The maximum absolute atomic E-state index is 14.8. The van der Waals surface area contributed by atoms with E-state index >= 15 is 0 Å². The minimum atomic E-state index is -2.00. The van der Waals surface area contributed by atoms with Gasteiger partial charge in [0.25, 0.3) is 0 Å². The summed E-state index contributed by atoms with van der Waals surface area (Å²) >= 11 is 12.3. The number of benzene rings is 4. The van der Waals surface area contributed by atoms with Gasteiger partial charge in [-0.2, -0.15) is 0 Å². The molecule has 0 saturated carbocycles. The predicted molar refractivity (Wildman–Crippen MR) is 300 cm³/mol. The first-order valence-corrected chi connectivity index (χ1v) is 28.6. The molecule has 7 rings (SSSR count). The average molecular weight is 1160 g/mol. The highest BCUT2D eigenvalue weighted by Crippen LogP contribution is 2.33. The summed E-state index contributed by atoms with van der Waals surface area (Å²) in [5.41, 5.74) is 11.8. The summed E-state index contributed by atoms with van der Waals surface area (Å²) in [4.78, 5) is 126. The topological polar surface area (TPSA) is 342 Å². The van der Waals surface area contributed by atoms with Gasteiger partial charge in [-0.25, -0.2) is 0 Å². The maximum atomic E-state index is 14.8. The molecule has 3 aliphatic heterocycles. The second kappa shape index (κ2) is 29.4. The van der Waals surface area contributed by atoms with Gasteiger partial charge >= 0.3 is 0 Å². The molecule has 4 aromatic carbocycles. The highest BCUT2D eigenvalue weighted by molar-refractivity contribution is 8.76. The molecule has 0 spiro atoms. The molecule has 8 atom stereocenters. The number of primary amides is 2. The lowest BCUT2D eigenvalue weighted by atomic mass is 9.84. The first-order chi connectivity index (χ1) is 37.7. The van der Waals surface area contributed by atoms with E-state index in [0.29, 0.717) is 46.1 Å². The number of aliphatic hydroxyl groups excluding tert-OH is 1. The number of unbranched alkanes of at least 4 members (excludes halogenated alkanes) is 1. The van der Waals surface area contributed by atoms with Crippen LogP contribution in [-0.2, 0) is 64.0 Å². The molecule has 422 valence electrons. The summed E-state index contributed by atoms with van der Waals surface area (Å²) in [5.74, 6) is -8.01. The van der Waals surface area contributed by atoms with Crippen molar-refractivity contribution in [1.29, 1.82) is 0 Å². The molecule has 79 heavy (non-hydrogen) atoms. The number of carbonyl (C=O) groups is 9. The Labute approximate surface area is 474 Å². The number of amides is 9. The summed E-state index contributed by atoms with van der Waals surface area (Å²) in [6.45, 7) is 0.548. The number of rotatable bonds is 19. The van der Waals surface area contributed by atoms with E-state index in [1.807, 2.05) is 0 Å². The minimum Gasteiger partial charge on any atom is -0.508 e. The fourth-order valence-electron chi connectivity index (χ4n) is 8.79. The second-order valence-corrected chi connectivity index (χ2v) is 22.7. The van der Waals surface area contributed by atoms with Crippen LogP contribution in [0.2, 0.25) is 10.0 Å². The van der Waals surface area contributed by atoms with Crippen LogP contribution in [0.1, 0.15) is 64.7 Å². The Kier molecular flexibility index (Phi) is 22.8. The lowest BCUT2D eigenvalue weighted by molar-refractivity contribution is -0.144. The quantitative estimate of drug-likeness (QED) is 0.0358. The summed E-state index contributed by atoms with van der Waals surface area (Å²) in [6.07, 6.45) is -1.56. The Morgan fingerprint density at radius 3 is 1.81 bits per heavy atom. The number of nitrogens with one attached hydrogen (secondary N) is 8. The van der Waals surface area contributed by atoms with E-state index in [0.717, 1.165) is 27.2 Å². The van der Waals surface area contributed by atoms with Crippen molar-refractivity contribution in [2.45, 2.75) is 106 Å². The molecule has 14 N–H and O–H groups in total. The number of halogens is 2.